The van der Waals surface area contributed by atoms with Crippen molar-refractivity contribution < 1.29 is 22.3 Å². The average molecular weight is 308 g/mol. The van der Waals surface area contributed by atoms with E-state index in [2.05, 4.69) is 4.72 Å². The number of nitrogens with zero attached hydrogens (tertiary/aromatic N) is 1. The Morgan fingerprint density at radius 1 is 1.35 bits per heavy atom. The van der Waals surface area contributed by atoms with E-state index in [1.807, 2.05) is 0 Å². The number of benzene rings is 1. The molecule has 2 N–H and O–H groups in total. The van der Waals surface area contributed by atoms with Gasteiger partial charge < -0.3 is 10.0 Å². The summed E-state index contributed by atoms with van der Waals surface area (Å²) in [6.07, 6.45) is 0. The maximum atomic E-state index is 13.6. The number of aliphatic hydroxyl groups excluding tert-OH is 1. The lowest BCUT2D eigenvalue weighted by Gasteiger charge is -2.20. The third-order valence-corrected chi connectivity index (χ3v) is 4.40. The van der Waals surface area contributed by atoms with E-state index < -0.39 is 33.2 Å². The highest BCUT2D eigenvalue weighted by atomic mass is 32.2. The predicted octanol–water partition coefficient (Wildman–Crippen LogP) is 0.686. The fourth-order valence-corrected chi connectivity index (χ4v) is 2.65. The molecule has 1 rings (SSSR count). The minimum Gasteiger partial charge on any atom is -0.392 e. The molecule has 0 spiro atoms. The van der Waals surface area contributed by atoms with Gasteiger partial charge in [0.2, 0.25) is 10.0 Å². The van der Waals surface area contributed by atoms with E-state index in [4.69, 9.17) is 5.11 Å². The highest BCUT2D eigenvalue weighted by Gasteiger charge is 2.23. The molecule has 0 fully saturated rings. The van der Waals surface area contributed by atoms with E-state index in [-0.39, 0.29) is 18.2 Å². The van der Waals surface area contributed by atoms with E-state index in [9.17, 15) is 17.2 Å². The Kier molecular flexibility index (Phi) is 5.58. The number of likely N-dealkylation sites (N-methyl/N-ethyl adjacent to an activating group) is 1. The molecule has 0 radical (unpaired) electrons. The van der Waals surface area contributed by atoms with E-state index in [0.717, 1.165) is 12.1 Å². The van der Waals surface area contributed by atoms with Gasteiger partial charge in [-0.25, -0.2) is 21.9 Å². The summed E-state index contributed by atoms with van der Waals surface area (Å²) in [6.45, 7) is 1.26. The van der Waals surface area contributed by atoms with Crippen LogP contribution in [0.1, 0.15) is 12.5 Å². The number of rotatable bonds is 6. The lowest BCUT2D eigenvalue weighted by molar-refractivity contribution is 0.280. The van der Waals surface area contributed by atoms with Gasteiger partial charge in [-0.2, -0.15) is 0 Å². The zero-order valence-electron chi connectivity index (χ0n) is 11.5. The second-order valence-corrected chi connectivity index (χ2v) is 6.45. The topological polar surface area (TPSA) is 69.6 Å². The Morgan fingerprint density at radius 2 is 1.95 bits per heavy atom. The van der Waals surface area contributed by atoms with Crippen molar-refractivity contribution in [2.75, 3.05) is 20.6 Å². The van der Waals surface area contributed by atoms with E-state index >= 15 is 0 Å². The van der Waals surface area contributed by atoms with Crippen LogP contribution in [0.4, 0.5) is 8.78 Å². The Morgan fingerprint density at radius 3 is 2.45 bits per heavy atom. The lowest BCUT2D eigenvalue weighted by Crippen LogP contribution is -2.38. The Labute approximate surface area is 117 Å². The van der Waals surface area contributed by atoms with Crippen molar-refractivity contribution in [1.29, 1.82) is 0 Å². The maximum absolute atomic E-state index is 13.6. The first kappa shape index (κ1) is 17.0. The van der Waals surface area contributed by atoms with Gasteiger partial charge in [0.25, 0.3) is 0 Å². The Bertz CT molecular complexity index is 576. The molecule has 0 aliphatic rings. The molecule has 0 saturated carbocycles. The van der Waals surface area contributed by atoms with Crippen molar-refractivity contribution in [3.05, 3.63) is 29.3 Å². The molecule has 1 aromatic carbocycles. The van der Waals surface area contributed by atoms with Gasteiger partial charge in [-0.1, -0.05) is 0 Å². The highest BCUT2D eigenvalue weighted by Crippen LogP contribution is 2.20. The van der Waals surface area contributed by atoms with Gasteiger partial charge in [-0.05, 0) is 38.7 Å². The van der Waals surface area contributed by atoms with Crippen molar-refractivity contribution in [3.63, 3.8) is 0 Å². The number of hydrogen-bond acceptors (Lipinski definition) is 4. The van der Waals surface area contributed by atoms with Gasteiger partial charge >= 0.3 is 0 Å². The monoisotopic (exact) mass is 308 g/mol. The minimum absolute atomic E-state index is 0.00932. The van der Waals surface area contributed by atoms with Crippen LogP contribution in [0.2, 0.25) is 0 Å². The number of nitrogens with one attached hydrogen (secondary N) is 1. The summed E-state index contributed by atoms with van der Waals surface area (Å²) in [6, 6.07) is 1.57. The predicted molar refractivity (Wildman–Crippen MR) is 70.6 cm³/mol. The highest BCUT2D eigenvalue weighted by molar-refractivity contribution is 7.89. The molecule has 0 aromatic heterocycles. The van der Waals surface area contributed by atoms with Crippen molar-refractivity contribution in [3.8, 4) is 0 Å². The molecule has 0 heterocycles. The van der Waals surface area contributed by atoms with Gasteiger partial charge in [0.1, 0.15) is 4.90 Å². The lowest BCUT2D eigenvalue weighted by atomic mass is 10.2. The van der Waals surface area contributed by atoms with E-state index in [1.54, 1.807) is 25.9 Å². The molecular formula is C12H18F2N2O3S. The van der Waals surface area contributed by atoms with Crippen LogP contribution in [0.15, 0.2) is 17.0 Å². The maximum Gasteiger partial charge on any atom is 0.243 e. The number of halogens is 2. The normalized spacial score (nSPS) is 13.8. The third-order valence-electron chi connectivity index (χ3n) is 2.98. The average Bonchev–Trinajstić information content (AvgIpc) is 2.38. The summed E-state index contributed by atoms with van der Waals surface area (Å²) in [5.41, 5.74) is -0.00932. The van der Waals surface area contributed by atoms with E-state index in [1.165, 1.54) is 0 Å². The molecule has 20 heavy (non-hydrogen) atoms. The van der Waals surface area contributed by atoms with Gasteiger partial charge in [-0.15, -0.1) is 0 Å². The zero-order valence-corrected chi connectivity index (χ0v) is 12.3. The molecule has 0 aliphatic carbocycles. The number of aliphatic hydroxyl groups is 1. The Hall–Kier alpha value is -1.09. The summed E-state index contributed by atoms with van der Waals surface area (Å²) in [7, 11) is -0.639. The summed E-state index contributed by atoms with van der Waals surface area (Å²) >= 11 is 0. The summed E-state index contributed by atoms with van der Waals surface area (Å²) in [5, 5.41) is 8.92. The first-order valence-electron chi connectivity index (χ1n) is 5.94. The molecule has 5 nitrogen and oxygen atoms in total. The molecule has 0 aliphatic heterocycles. The first-order valence-corrected chi connectivity index (χ1v) is 7.42. The van der Waals surface area contributed by atoms with Crippen molar-refractivity contribution in [2.45, 2.75) is 24.5 Å². The molecule has 1 atom stereocenters. The van der Waals surface area contributed by atoms with Crippen LogP contribution in [0, 0.1) is 11.6 Å². The van der Waals surface area contributed by atoms with Crippen LogP contribution in [0.3, 0.4) is 0 Å². The molecule has 1 aromatic rings. The molecule has 0 amide bonds. The van der Waals surface area contributed by atoms with Crippen molar-refractivity contribution in [2.24, 2.45) is 0 Å². The largest absolute Gasteiger partial charge is 0.392 e. The molecule has 0 saturated heterocycles. The molecule has 114 valence electrons. The van der Waals surface area contributed by atoms with Crippen LogP contribution in [-0.2, 0) is 16.6 Å². The fraction of sp³-hybridized carbons (Fsp3) is 0.500. The second kappa shape index (κ2) is 6.57. The number of hydrogen-bond donors (Lipinski definition) is 2. The summed E-state index contributed by atoms with van der Waals surface area (Å²) in [5.74, 6) is -2.76. The summed E-state index contributed by atoms with van der Waals surface area (Å²) < 4.78 is 53.1. The van der Waals surface area contributed by atoms with Crippen LogP contribution >= 0.6 is 0 Å². The van der Waals surface area contributed by atoms with Gasteiger partial charge in [0.05, 0.1) is 6.61 Å². The van der Waals surface area contributed by atoms with Crippen LogP contribution in [-0.4, -0.2) is 45.1 Å². The van der Waals surface area contributed by atoms with Gasteiger partial charge in [-0.3, -0.25) is 0 Å². The second-order valence-electron chi connectivity index (χ2n) is 4.71. The summed E-state index contributed by atoms with van der Waals surface area (Å²) in [4.78, 5) is 0.983. The van der Waals surface area contributed by atoms with Crippen LogP contribution < -0.4 is 4.72 Å². The molecule has 0 bridgehead atoms. The van der Waals surface area contributed by atoms with Crippen LogP contribution in [0.5, 0.6) is 0 Å². The molecule has 8 heteroatoms. The third kappa shape index (κ3) is 3.95. The SMILES string of the molecule is CC(CNS(=O)(=O)c1cc(CO)cc(F)c1F)N(C)C. The number of sulfonamides is 1. The van der Waals surface area contributed by atoms with Crippen molar-refractivity contribution in [1.82, 2.24) is 9.62 Å². The van der Waals surface area contributed by atoms with Crippen molar-refractivity contribution >= 4 is 10.0 Å². The van der Waals surface area contributed by atoms with Crippen LogP contribution in [0.25, 0.3) is 0 Å². The Balaban J connectivity index is 3.06. The van der Waals surface area contributed by atoms with Gasteiger partial charge in [0, 0.05) is 12.6 Å². The standard InChI is InChI=1S/C12H18F2N2O3S/c1-8(16(2)3)6-15-20(18,19)11-5-9(7-17)4-10(13)12(11)14/h4-5,8,15,17H,6-7H2,1-3H3. The smallest absolute Gasteiger partial charge is 0.243 e. The zero-order chi connectivity index (χ0) is 15.5. The molecule has 1 unspecified atom stereocenters. The van der Waals surface area contributed by atoms with E-state index in [0.29, 0.717) is 0 Å². The quantitative estimate of drug-likeness (QED) is 0.811. The minimum atomic E-state index is -4.18. The fourth-order valence-electron chi connectivity index (χ4n) is 1.39. The van der Waals surface area contributed by atoms with Gasteiger partial charge in [0.15, 0.2) is 11.6 Å². The first-order chi connectivity index (χ1) is 9.19. The molecular weight excluding hydrogens is 290 g/mol.